The van der Waals surface area contributed by atoms with Crippen molar-refractivity contribution in [2.45, 2.75) is 19.4 Å². The van der Waals surface area contributed by atoms with Crippen LogP contribution in [-0.4, -0.2) is 31.1 Å². The molecule has 0 amide bonds. The third kappa shape index (κ3) is 3.37. The molecule has 106 valence electrons. The number of hydrogen-bond donors (Lipinski definition) is 1. The fraction of sp³-hybridized carbons (Fsp3) is 0.571. The molecule has 0 saturated carbocycles. The Morgan fingerprint density at radius 1 is 1.26 bits per heavy atom. The summed E-state index contributed by atoms with van der Waals surface area (Å²) in [7, 11) is 0. The Balaban J connectivity index is 0.00000133. The van der Waals surface area contributed by atoms with Crippen molar-refractivity contribution in [3.8, 4) is 0 Å². The summed E-state index contributed by atoms with van der Waals surface area (Å²) >= 11 is 12.3. The van der Waals surface area contributed by atoms with Gasteiger partial charge >= 0.3 is 0 Å². The van der Waals surface area contributed by atoms with Gasteiger partial charge in [0.15, 0.2) is 0 Å². The molecular formula is C14H19Cl3N2. The van der Waals surface area contributed by atoms with E-state index in [1.165, 1.54) is 39.0 Å². The highest BCUT2D eigenvalue weighted by Gasteiger charge is 2.40. The SMILES string of the molecule is Cl.Clc1ccc(Cl)c(CN2CCC3(CCNC3)C2)c1. The Bertz CT molecular complexity index is 444. The maximum atomic E-state index is 6.23. The second-order valence-electron chi connectivity index (χ2n) is 5.62. The van der Waals surface area contributed by atoms with E-state index in [-0.39, 0.29) is 12.4 Å². The molecule has 5 heteroatoms. The van der Waals surface area contributed by atoms with Gasteiger partial charge in [-0.05, 0) is 55.1 Å². The van der Waals surface area contributed by atoms with Gasteiger partial charge in [0.05, 0.1) is 0 Å². The van der Waals surface area contributed by atoms with Crippen LogP contribution in [0.15, 0.2) is 18.2 Å². The number of nitrogens with one attached hydrogen (secondary N) is 1. The lowest BCUT2D eigenvalue weighted by molar-refractivity contribution is 0.269. The minimum atomic E-state index is 0. The van der Waals surface area contributed by atoms with Crippen molar-refractivity contribution in [2.75, 3.05) is 26.2 Å². The lowest BCUT2D eigenvalue weighted by Gasteiger charge is -2.23. The molecule has 3 rings (SSSR count). The first kappa shape index (κ1) is 15.4. The maximum Gasteiger partial charge on any atom is 0.0452 e. The van der Waals surface area contributed by atoms with E-state index in [2.05, 4.69) is 10.2 Å². The van der Waals surface area contributed by atoms with Crippen molar-refractivity contribution in [3.63, 3.8) is 0 Å². The standard InChI is InChI=1S/C14H18Cl2N2.ClH/c15-12-1-2-13(16)11(7-12)8-18-6-4-14(10-18)3-5-17-9-14;/h1-2,7,17H,3-6,8-10H2;1H. The molecule has 0 bridgehead atoms. The summed E-state index contributed by atoms with van der Waals surface area (Å²) in [6.45, 7) is 5.62. The monoisotopic (exact) mass is 320 g/mol. The van der Waals surface area contributed by atoms with Crippen LogP contribution in [0.3, 0.4) is 0 Å². The second-order valence-corrected chi connectivity index (χ2v) is 6.47. The van der Waals surface area contributed by atoms with Crippen molar-refractivity contribution in [3.05, 3.63) is 33.8 Å². The van der Waals surface area contributed by atoms with Gasteiger partial charge in [0.25, 0.3) is 0 Å². The fourth-order valence-electron chi connectivity index (χ4n) is 3.21. The van der Waals surface area contributed by atoms with Gasteiger partial charge in [-0.15, -0.1) is 12.4 Å². The van der Waals surface area contributed by atoms with Crippen LogP contribution in [0.1, 0.15) is 18.4 Å². The van der Waals surface area contributed by atoms with E-state index in [9.17, 15) is 0 Å². The van der Waals surface area contributed by atoms with Crippen LogP contribution in [0.5, 0.6) is 0 Å². The van der Waals surface area contributed by atoms with E-state index in [4.69, 9.17) is 23.2 Å². The first-order valence-corrected chi connectivity index (χ1v) is 7.30. The molecule has 1 spiro atoms. The maximum absolute atomic E-state index is 6.23. The Kier molecular flexibility index (Phi) is 5.02. The fourth-order valence-corrected chi connectivity index (χ4v) is 3.58. The summed E-state index contributed by atoms with van der Waals surface area (Å²) in [5, 5.41) is 5.08. The Labute approximate surface area is 130 Å². The van der Waals surface area contributed by atoms with E-state index < -0.39 is 0 Å². The Morgan fingerprint density at radius 2 is 2.11 bits per heavy atom. The van der Waals surface area contributed by atoms with Crippen LogP contribution in [0.2, 0.25) is 10.0 Å². The normalized spacial score (nSPS) is 26.8. The molecule has 1 N–H and O–H groups in total. The molecule has 1 aromatic carbocycles. The number of rotatable bonds is 2. The Morgan fingerprint density at radius 3 is 2.84 bits per heavy atom. The third-order valence-corrected chi connectivity index (χ3v) is 4.86. The summed E-state index contributed by atoms with van der Waals surface area (Å²) in [4.78, 5) is 2.50. The van der Waals surface area contributed by atoms with Gasteiger partial charge in [-0.1, -0.05) is 23.2 Å². The van der Waals surface area contributed by atoms with Crippen LogP contribution in [0, 0.1) is 5.41 Å². The van der Waals surface area contributed by atoms with Crippen LogP contribution in [-0.2, 0) is 6.54 Å². The average molecular weight is 322 g/mol. The molecule has 1 atom stereocenters. The molecule has 1 unspecified atom stereocenters. The van der Waals surface area contributed by atoms with E-state index in [1.807, 2.05) is 18.2 Å². The molecule has 1 aromatic rings. The van der Waals surface area contributed by atoms with Gasteiger partial charge in [0.1, 0.15) is 0 Å². The number of likely N-dealkylation sites (tertiary alicyclic amines) is 1. The van der Waals surface area contributed by atoms with E-state index in [0.717, 1.165) is 22.2 Å². The molecule has 2 saturated heterocycles. The highest BCUT2D eigenvalue weighted by molar-refractivity contribution is 6.33. The summed E-state index contributed by atoms with van der Waals surface area (Å²) in [5.74, 6) is 0. The van der Waals surface area contributed by atoms with Crippen LogP contribution in [0.4, 0.5) is 0 Å². The average Bonchev–Trinajstić information content (AvgIpc) is 2.95. The highest BCUT2D eigenvalue weighted by atomic mass is 35.5. The van der Waals surface area contributed by atoms with Crippen molar-refractivity contribution in [2.24, 2.45) is 5.41 Å². The molecular weight excluding hydrogens is 303 g/mol. The predicted octanol–water partition coefficient (Wildman–Crippen LogP) is 3.60. The molecule has 2 aliphatic heterocycles. The summed E-state index contributed by atoms with van der Waals surface area (Å²) in [6.07, 6.45) is 2.62. The molecule has 2 heterocycles. The lowest BCUT2D eigenvalue weighted by Crippen LogP contribution is -2.29. The zero-order chi connectivity index (χ0) is 12.6. The third-order valence-electron chi connectivity index (χ3n) is 4.25. The molecule has 2 fully saturated rings. The molecule has 19 heavy (non-hydrogen) atoms. The number of hydrogen-bond acceptors (Lipinski definition) is 2. The van der Waals surface area contributed by atoms with Crippen molar-refractivity contribution < 1.29 is 0 Å². The van der Waals surface area contributed by atoms with E-state index in [1.54, 1.807) is 0 Å². The molecule has 0 aromatic heterocycles. The van der Waals surface area contributed by atoms with Crippen LogP contribution < -0.4 is 5.32 Å². The first-order valence-electron chi connectivity index (χ1n) is 6.54. The Hall–Kier alpha value is 0.01000. The smallest absolute Gasteiger partial charge is 0.0452 e. The second kappa shape index (κ2) is 6.19. The summed E-state index contributed by atoms with van der Waals surface area (Å²) in [6, 6.07) is 5.73. The van der Waals surface area contributed by atoms with Gasteiger partial charge in [-0.25, -0.2) is 0 Å². The predicted molar refractivity (Wildman–Crippen MR) is 83.5 cm³/mol. The lowest BCUT2D eigenvalue weighted by atomic mass is 9.86. The van der Waals surface area contributed by atoms with Gasteiger partial charge in [0, 0.05) is 29.7 Å². The summed E-state index contributed by atoms with van der Waals surface area (Å²) in [5.41, 5.74) is 1.66. The van der Waals surface area contributed by atoms with Crippen molar-refractivity contribution in [1.82, 2.24) is 10.2 Å². The minimum absolute atomic E-state index is 0. The number of halogens is 3. The highest BCUT2D eigenvalue weighted by Crippen LogP contribution is 2.37. The molecule has 0 radical (unpaired) electrons. The van der Waals surface area contributed by atoms with Crippen LogP contribution >= 0.6 is 35.6 Å². The number of nitrogens with zero attached hydrogens (tertiary/aromatic N) is 1. The van der Waals surface area contributed by atoms with E-state index in [0.29, 0.717) is 5.41 Å². The largest absolute Gasteiger partial charge is 0.316 e. The topological polar surface area (TPSA) is 15.3 Å². The summed E-state index contributed by atoms with van der Waals surface area (Å²) < 4.78 is 0. The van der Waals surface area contributed by atoms with Gasteiger partial charge in [-0.3, -0.25) is 4.90 Å². The van der Waals surface area contributed by atoms with Gasteiger partial charge in [-0.2, -0.15) is 0 Å². The number of benzene rings is 1. The molecule has 2 aliphatic rings. The van der Waals surface area contributed by atoms with E-state index >= 15 is 0 Å². The minimum Gasteiger partial charge on any atom is -0.316 e. The zero-order valence-electron chi connectivity index (χ0n) is 10.8. The van der Waals surface area contributed by atoms with Gasteiger partial charge < -0.3 is 5.32 Å². The van der Waals surface area contributed by atoms with Crippen molar-refractivity contribution >= 4 is 35.6 Å². The van der Waals surface area contributed by atoms with Crippen molar-refractivity contribution in [1.29, 1.82) is 0 Å². The first-order chi connectivity index (χ1) is 8.67. The van der Waals surface area contributed by atoms with Crippen LogP contribution in [0.25, 0.3) is 0 Å². The zero-order valence-corrected chi connectivity index (χ0v) is 13.1. The van der Waals surface area contributed by atoms with Gasteiger partial charge in [0.2, 0.25) is 0 Å². The molecule has 0 aliphatic carbocycles. The quantitative estimate of drug-likeness (QED) is 0.895. The molecule has 2 nitrogen and oxygen atoms in total.